The van der Waals surface area contributed by atoms with Crippen LogP contribution < -0.4 is 11.1 Å². The summed E-state index contributed by atoms with van der Waals surface area (Å²) >= 11 is 5.09. The van der Waals surface area contributed by atoms with Gasteiger partial charge < -0.3 is 11.1 Å². The lowest BCUT2D eigenvalue weighted by Gasteiger charge is -2.06. The number of nitrogens with zero attached hydrogens (tertiary/aromatic N) is 1. The van der Waals surface area contributed by atoms with E-state index >= 15 is 0 Å². The number of aromatic nitrogens is 1. The van der Waals surface area contributed by atoms with Crippen LogP contribution in [-0.2, 0) is 0 Å². The minimum absolute atomic E-state index is 0.676. The highest BCUT2D eigenvalue weighted by Gasteiger charge is 1.99. The van der Waals surface area contributed by atoms with Crippen molar-refractivity contribution in [1.29, 1.82) is 0 Å². The molecular formula is C8H12BrN3S. The van der Waals surface area contributed by atoms with Crippen LogP contribution >= 0.6 is 27.7 Å². The van der Waals surface area contributed by atoms with Crippen molar-refractivity contribution in [2.45, 2.75) is 0 Å². The van der Waals surface area contributed by atoms with Crippen LogP contribution in [0.4, 0.5) is 11.5 Å². The summed E-state index contributed by atoms with van der Waals surface area (Å²) in [7, 11) is 0. The minimum Gasteiger partial charge on any atom is -0.396 e. The summed E-state index contributed by atoms with van der Waals surface area (Å²) in [6, 6.07) is 1.84. The predicted molar refractivity (Wildman–Crippen MR) is 63.2 cm³/mol. The van der Waals surface area contributed by atoms with Gasteiger partial charge in [-0.05, 0) is 28.3 Å². The number of pyridine rings is 1. The van der Waals surface area contributed by atoms with E-state index in [2.05, 4.69) is 32.5 Å². The lowest BCUT2D eigenvalue weighted by molar-refractivity contribution is 1.17. The zero-order valence-corrected chi connectivity index (χ0v) is 9.78. The molecule has 0 aromatic carbocycles. The Labute approximate surface area is 90.6 Å². The molecule has 1 heterocycles. The topological polar surface area (TPSA) is 50.9 Å². The molecule has 0 fully saturated rings. The van der Waals surface area contributed by atoms with Crippen molar-refractivity contribution < 1.29 is 0 Å². The van der Waals surface area contributed by atoms with Gasteiger partial charge in [0.25, 0.3) is 0 Å². The SMILES string of the molecule is CSCCNc1ncc(Br)cc1N. The maximum absolute atomic E-state index is 5.74. The number of halogens is 1. The smallest absolute Gasteiger partial charge is 0.149 e. The van der Waals surface area contributed by atoms with Crippen molar-refractivity contribution in [3.63, 3.8) is 0 Å². The molecule has 5 heteroatoms. The van der Waals surface area contributed by atoms with E-state index in [0.717, 1.165) is 22.6 Å². The molecule has 0 aliphatic heterocycles. The zero-order valence-electron chi connectivity index (χ0n) is 7.38. The Hall–Kier alpha value is -0.420. The number of hydrogen-bond donors (Lipinski definition) is 2. The van der Waals surface area contributed by atoms with Crippen molar-refractivity contribution in [3.05, 3.63) is 16.7 Å². The Kier molecular flexibility index (Phi) is 4.38. The molecule has 0 bridgehead atoms. The zero-order chi connectivity index (χ0) is 9.68. The van der Waals surface area contributed by atoms with Crippen LogP contribution in [0.2, 0.25) is 0 Å². The second-order valence-electron chi connectivity index (χ2n) is 2.51. The molecule has 0 saturated heterocycles. The molecule has 1 aromatic rings. The molecule has 13 heavy (non-hydrogen) atoms. The van der Waals surface area contributed by atoms with E-state index in [1.54, 1.807) is 18.0 Å². The number of hydrogen-bond acceptors (Lipinski definition) is 4. The van der Waals surface area contributed by atoms with Crippen LogP contribution in [0.3, 0.4) is 0 Å². The second-order valence-corrected chi connectivity index (χ2v) is 4.41. The Balaban J connectivity index is 2.56. The number of rotatable bonds is 4. The summed E-state index contributed by atoms with van der Waals surface area (Å²) < 4.78 is 0.903. The normalized spacial score (nSPS) is 10.0. The highest BCUT2D eigenvalue weighted by molar-refractivity contribution is 9.10. The number of nitrogens with one attached hydrogen (secondary N) is 1. The summed E-state index contributed by atoms with van der Waals surface area (Å²) in [6.07, 6.45) is 3.80. The van der Waals surface area contributed by atoms with Gasteiger partial charge >= 0.3 is 0 Å². The number of thioether (sulfide) groups is 1. The molecule has 3 N–H and O–H groups in total. The highest BCUT2D eigenvalue weighted by atomic mass is 79.9. The van der Waals surface area contributed by atoms with Crippen LogP contribution in [0.25, 0.3) is 0 Å². The molecule has 0 aliphatic carbocycles. The maximum Gasteiger partial charge on any atom is 0.149 e. The molecule has 72 valence electrons. The fourth-order valence-corrected chi connectivity index (χ4v) is 1.53. The standard InChI is InChI=1S/C8H12BrN3S/c1-13-3-2-11-8-7(10)4-6(9)5-12-8/h4-5H,2-3,10H2,1H3,(H,11,12). The third kappa shape index (κ3) is 3.44. The van der Waals surface area contributed by atoms with Crippen molar-refractivity contribution in [3.8, 4) is 0 Å². The van der Waals surface area contributed by atoms with Gasteiger partial charge in [-0.25, -0.2) is 4.98 Å². The van der Waals surface area contributed by atoms with Gasteiger partial charge in [-0.2, -0.15) is 11.8 Å². The second kappa shape index (κ2) is 5.34. The Morgan fingerprint density at radius 2 is 2.46 bits per heavy atom. The molecule has 0 radical (unpaired) electrons. The summed E-state index contributed by atoms with van der Waals surface area (Å²) in [5.74, 6) is 1.81. The van der Waals surface area contributed by atoms with Gasteiger partial charge in [0.15, 0.2) is 0 Å². The molecule has 0 unspecified atom stereocenters. The van der Waals surface area contributed by atoms with Gasteiger partial charge in [0.05, 0.1) is 5.69 Å². The maximum atomic E-state index is 5.74. The van der Waals surface area contributed by atoms with Crippen LogP contribution in [0, 0.1) is 0 Å². The molecule has 0 spiro atoms. The Bertz CT molecular complexity index is 280. The van der Waals surface area contributed by atoms with E-state index in [1.807, 2.05) is 6.07 Å². The number of nitrogens with two attached hydrogens (primary N) is 1. The van der Waals surface area contributed by atoms with Crippen LogP contribution in [0.1, 0.15) is 0 Å². The summed E-state index contributed by atoms with van der Waals surface area (Å²) in [6.45, 7) is 0.889. The minimum atomic E-state index is 0.676. The van der Waals surface area contributed by atoms with E-state index in [0.29, 0.717) is 5.69 Å². The lowest BCUT2D eigenvalue weighted by atomic mass is 10.4. The van der Waals surface area contributed by atoms with E-state index in [9.17, 15) is 0 Å². The summed E-state index contributed by atoms with van der Waals surface area (Å²) in [4.78, 5) is 4.16. The van der Waals surface area contributed by atoms with Gasteiger partial charge in [-0.1, -0.05) is 0 Å². The first-order valence-electron chi connectivity index (χ1n) is 3.88. The molecule has 1 rings (SSSR count). The van der Waals surface area contributed by atoms with Gasteiger partial charge in [0.2, 0.25) is 0 Å². The van der Waals surface area contributed by atoms with Crippen molar-refractivity contribution >= 4 is 39.2 Å². The van der Waals surface area contributed by atoms with Gasteiger partial charge in [0.1, 0.15) is 5.82 Å². The first kappa shape index (κ1) is 10.7. The van der Waals surface area contributed by atoms with Crippen molar-refractivity contribution in [1.82, 2.24) is 4.98 Å². The van der Waals surface area contributed by atoms with Gasteiger partial charge in [-0.3, -0.25) is 0 Å². The first-order valence-corrected chi connectivity index (χ1v) is 6.06. The monoisotopic (exact) mass is 261 g/mol. The summed E-state index contributed by atoms with van der Waals surface area (Å²) in [5, 5.41) is 3.16. The predicted octanol–water partition coefficient (Wildman–Crippen LogP) is 2.20. The molecule has 0 atom stereocenters. The average Bonchev–Trinajstić information content (AvgIpc) is 2.09. The van der Waals surface area contributed by atoms with Crippen molar-refractivity contribution in [2.24, 2.45) is 0 Å². The first-order chi connectivity index (χ1) is 6.24. The number of anilines is 2. The fourth-order valence-electron chi connectivity index (χ4n) is 0.874. The average molecular weight is 262 g/mol. The third-order valence-corrected chi connectivity index (χ3v) is 2.53. The Morgan fingerprint density at radius 3 is 3.08 bits per heavy atom. The van der Waals surface area contributed by atoms with E-state index in [-0.39, 0.29) is 0 Å². The third-order valence-electron chi connectivity index (χ3n) is 1.48. The quantitative estimate of drug-likeness (QED) is 0.817. The van der Waals surface area contributed by atoms with E-state index in [4.69, 9.17) is 5.73 Å². The molecule has 1 aromatic heterocycles. The van der Waals surface area contributed by atoms with E-state index in [1.165, 1.54) is 0 Å². The molecule has 0 amide bonds. The largest absolute Gasteiger partial charge is 0.396 e. The Morgan fingerprint density at radius 1 is 1.69 bits per heavy atom. The van der Waals surface area contributed by atoms with Gasteiger partial charge in [-0.15, -0.1) is 0 Å². The molecule has 0 aliphatic rings. The van der Waals surface area contributed by atoms with Crippen LogP contribution in [0.15, 0.2) is 16.7 Å². The lowest BCUT2D eigenvalue weighted by Crippen LogP contribution is -2.07. The number of nitrogen functional groups attached to an aromatic ring is 1. The van der Waals surface area contributed by atoms with Gasteiger partial charge in [0, 0.05) is 23.0 Å². The van der Waals surface area contributed by atoms with Crippen molar-refractivity contribution in [2.75, 3.05) is 29.6 Å². The van der Waals surface area contributed by atoms with Crippen LogP contribution in [-0.4, -0.2) is 23.5 Å². The van der Waals surface area contributed by atoms with E-state index < -0.39 is 0 Å². The molecule has 0 saturated carbocycles. The molecule has 3 nitrogen and oxygen atoms in total. The highest BCUT2D eigenvalue weighted by Crippen LogP contribution is 2.19. The van der Waals surface area contributed by atoms with Crippen LogP contribution in [0.5, 0.6) is 0 Å². The fraction of sp³-hybridized carbons (Fsp3) is 0.375. The molecular weight excluding hydrogens is 250 g/mol. The summed E-state index contributed by atoms with van der Waals surface area (Å²) in [5.41, 5.74) is 6.42.